The second-order valence-corrected chi connectivity index (χ2v) is 26.7. The van der Waals surface area contributed by atoms with Crippen molar-refractivity contribution in [1.82, 2.24) is 43.5 Å². The molecule has 7 rings (SSSR count). The Balaban J connectivity index is 0.000000313. The van der Waals surface area contributed by atoms with Crippen LogP contribution in [-0.2, 0) is 71.6 Å². The zero-order valence-corrected chi connectivity index (χ0v) is 57.8. The van der Waals surface area contributed by atoms with Crippen molar-refractivity contribution in [2.45, 2.75) is 101 Å². The molecule has 0 aliphatic rings. The molecule has 572 valence electrons. The molecule has 0 saturated carbocycles. The van der Waals surface area contributed by atoms with Crippen LogP contribution >= 0.6 is 7.37 Å². The number of aromatic nitrogens is 7. The van der Waals surface area contributed by atoms with Crippen LogP contribution in [0, 0.1) is 6.92 Å². The van der Waals surface area contributed by atoms with Crippen molar-refractivity contribution in [2.75, 3.05) is 37.7 Å². The van der Waals surface area contributed by atoms with E-state index in [9.17, 15) is 98.9 Å². The van der Waals surface area contributed by atoms with Crippen LogP contribution in [-0.4, -0.2) is 155 Å². The van der Waals surface area contributed by atoms with Gasteiger partial charge in [-0.25, -0.2) is 54.8 Å². The summed E-state index contributed by atoms with van der Waals surface area (Å²) in [6.07, 6.45) is -11.1. The number of carboxylic acids is 2. The number of sulfonamides is 2. The molecule has 3 unspecified atom stereocenters. The minimum absolute atomic E-state index is 0.0412. The van der Waals surface area contributed by atoms with E-state index in [4.69, 9.17) is 39.8 Å². The van der Waals surface area contributed by atoms with Gasteiger partial charge in [0.05, 0.1) is 36.4 Å². The first-order valence-electron chi connectivity index (χ1n) is 29.2. The molecule has 0 fully saturated rings. The SMILES string of the molecule is CCc1ccc(COc2ccc(-n3c(=O)cc(C(F)(F)F)n(C)c3=O)cc2)c(OC(C)C(=O)OC)c1.COc1nc(C)nc(NC(=O)NS(=O)(=O)c2ccccc2CCC(F)(F)F)n1.CP(=O)(O)CCC(N)C(=O)O.O=C(Nc1nc(OC(F)F)cc(OC(F)F)n1)NS(=O)(=O)c1ccccc1C(=O)O. The molecule has 0 spiro atoms. The summed E-state index contributed by atoms with van der Waals surface area (Å²) >= 11 is 0. The summed E-state index contributed by atoms with van der Waals surface area (Å²) in [4.78, 5) is 107. The standard InChI is InChI=1S/C25H25F3N2O6.C15H16F3N5O4S.C14H10F4N4O7S.C5H12NO4P/c1-5-16-6-7-17(20(12-16)36-15(2)23(32)34-4)14-35-19-10-8-18(9-11-19)30-22(31)13-21(25(26,27)28)29(3)24(30)33;1-9-19-12(22-14(20-9)27-2)21-13(24)23-28(25,26)11-6-4-3-5-10(11)7-8-15(16,17)18;15-11(16)28-8-5-9(29-12(17)18)20-13(19-8)21-14(25)22-30(26,27)7-4-2-1-3-6(7)10(23)24;1-11(9,10)3-2-4(6)5(7)8/h6-13,15H,5,14H2,1-4H3;3-6H,7-8H2,1-2H3,(H2,19,20,21,22,23,24);1-5,11-12H,(H,23,24)(H2,19,20,21,22,25);4H,2-3,6H2,1H3,(H,7,8)(H,9,10). The number of carbonyl (C=O) groups excluding carboxylic acids is 3. The van der Waals surface area contributed by atoms with Gasteiger partial charge < -0.3 is 49.3 Å². The van der Waals surface area contributed by atoms with Crippen LogP contribution in [0.2, 0.25) is 0 Å². The van der Waals surface area contributed by atoms with E-state index in [0.717, 1.165) is 37.2 Å². The third-order valence-electron chi connectivity index (χ3n) is 12.9. The van der Waals surface area contributed by atoms with Crippen molar-refractivity contribution < 1.29 is 133 Å². The molecule has 0 saturated heterocycles. The molecular weight excluding hydrogens is 1500 g/mol. The van der Waals surface area contributed by atoms with Crippen LogP contribution in [0.15, 0.2) is 123 Å². The second kappa shape index (κ2) is 37.9. The number of carboxylic acid groups (broad SMARTS) is 2. The number of rotatable bonds is 26. The summed E-state index contributed by atoms with van der Waals surface area (Å²) < 4.78 is 219. The fourth-order valence-electron chi connectivity index (χ4n) is 8.04. The second-order valence-electron chi connectivity index (χ2n) is 20.9. The molecule has 0 radical (unpaired) electrons. The summed E-state index contributed by atoms with van der Waals surface area (Å²) in [6.45, 7) is -0.503. The molecule has 0 bridgehead atoms. The molecule has 105 heavy (non-hydrogen) atoms. The number of ether oxygens (including phenoxy) is 6. The smallest absolute Gasteiger partial charge is 0.431 e. The maximum atomic E-state index is 13.1. The molecule has 4 amide bonds. The number of aromatic carboxylic acids is 1. The van der Waals surface area contributed by atoms with Gasteiger partial charge in [0.2, 0.25) is 23.7 Å². The van der Waals surface area contributed by atoms with E-state index in [1.54, 1.807) is 17.0 Å². The van der Waals surface area contributed by atoms with Crippen LogP contribution in [0.1, 0.15) is 65.3 Å². The number of urea groups is 2. The van der Waals surface area contributed by atoms with Gasteiger partial charge in [-0.15, -0.1) is 0 Å². The Morgan fingerprint density at radius 2 is 1.26 bits per heavy atom. The Hall–Kier alpha value is -11.1. The zero-order chi connectivity index (χ0) is 79.1. The van der Waals surface area contributed by atoms with Crippen molar-refractivity contribution >= 4 is 69.3 Å². The van der Waals surface area contributed by atoms with Crippen LogP contribution in [0.4, 0.5) is 65.4 Å². The highest BCUT2D eigenvalue weighted by Gasteiger charge is 2.36. The van der Waals surface area contributed by atoms with Crippen LogP contribution < -0.4 is 60.7 Å². The Morgan fingerprint density at radius 3 is 1.76 bits per heavy atom. The van der Waals surface area contributed by atoms with Gasteiger partial charge >= 0.3 is 67.2 Å². The number of aliphatic carboxylic acids is 1. The van der Waals surface area contributed by atoms with Crippen molar-refractivity contribution in [3.63, 3.8) is 0 Å². The summed E-state index contributed by atoms with van der Waals surface area (Å²) in [6, 6.07) is 17.7. The minimum Gasteiger partial charge on any atom is -0.489 e. The number of hydrogen-bond acceptors (Lipinski definition) is 24. The highest BCUT2D eigenvalue weighted by atomic mass is 32.2. The lowest BCUT2D eigenvalue weighted by Crippen LogP contribution is -2.40. The van der Waals surface area contributed by atoms with E-state index >= 15 is 0 Å². The molecule has 0 aliphatic heterocycles. The van der Waals surface area contributed by atoms with E-state index in [1.807, 2.05) is 25.1 Å². The molecule has 7 aromatic rings. The number of nitrogens with zero attached hydrogens (tertiary/aromatic N) is 7. The van der Waals surface area contributed by atoms with Crippen molar-refractivity contribution in [3.05, 3.63) is 158 Å². The molecule has 3 atom stereocenters. The molecule has 9 N–H and O–H groups in total. The summed E-state index contributed by atoms with van der Waals surface area (Å²) in [5, 5.41) is 21.1. The lowest BCUT2D eigenvalue weighted by molar-refractivity contribution is -0.148. The van der Waals surface area contributed by atoms with Crippen LogP contribution in [0.25, 0.3) is 5.69 Å². The number of alkyl halides is 10. The van der Waals surface area contributed by atoms with Gasteiger partial charge in [0.15, 0.2) is 13.5 Å². The summed E-state index contributed by atoms with van der Waals surface area (Å²) in [5.41, 5.74) is 2.57. The quantitative estimate of drug-likeness (QED) is 0.0149. The molecule has 3 heterocycles. The van der Waals surface area contributed by atoms with E-state index < -0.39 is 158 Å². The fraction of sp³-hybridized carbons (Fsp3) is 0.322. The Bertz CT molecular complexity index is 4610. The third kappa shape index (κ3) is 28.3. The monoisotopic (exact) mass is 1560 g/mol. The number of halogens is 10. The Morgan fingerprint density at radius 1 is 0.714 bits per heavy atom. The number of nitrogens with two attached hydrogens (primary N) is 1. The molecule has 4 aromatic carbocycles. The largest absolute Gasteiger partial charge is 0.489 e. The predicted octanol–water partition coefficient (Wildman–Crippen LogP) is 7.41. The number of esters is 1. The first-order chi connectivity index (χ1) is 48.8. The highest BCUT2D eigenvalue weighted by molar-refractivity contribution is 7.90. The van der Waals surface area contributed by atoms with Gasteiger partial charge in [-0.1, -0.05) is 49.4 Å². The molecule has 0 aliphatic carbocycles. The van der Waals surface area contributed by atoms with Gasteiger partial charge in [-0.05, 0) is 92.8 Å². The predicted molar refractivity (Wildman–Crippen MR) is 345 cm³/mol. The average Bonchev–Trinajstić information content (AvgIpc) is 0.758. The van der Waals surface area contributed by atoms with E-state index in [-0.39, 0.29) is 48.2 Å². The number of anilines is 2. The number of amides is 4. The first kappa shape index (κ1) is 86.4. The number of nitrogens with one attached hydrogen (secondary N) is 4. The minimum atomic E-state index is -4.84. The van der Waals surface area contributed by atoms with E-state index in [1.165, 1.54) is 87.1 Å². The third-order valence-corrected chi connectivity index (χ3v) is 16.8. The first-order valence-corrected chi connectivity index (χ1v) is 34.5. The number of benzene rings is 4. The topological polar surface area (TPSA) is 469 Å². The number of hydrogen-bond donors (Lipinski definition) is 8. The van der Waals surface area contributed by atoms with E-state index in [2.05, 4.69) is 39.7 Å². The maximum absolute atomic E-state index is 13.1. The summed E-state index contributed by atoms with van der Waals surface area (Å²) in [7, 11) is -8.74. The Labute approximate surface area is 587 Å². The molecule has 3 aromatic heterocycles. The normalized spacial score (nSPS) is 12.5. The van der Waals surface area contributed by atoms with Gasteiger partial charge in [0.25, 0.3) is 25.6 Å². The number of aryl methyl sites for hydroxylation is 3. The zero-order valence-electron chi connectivity index (χ0n) is 55.3. The van der Waals surface area contributed by atoms with Crippen molar-refractivity contribution in [2.24, 2.45) is 12.8 Å². The number of methoxy groups -OCH3 is 2. The molecule has 46 heteroatoms. The average molecular weight is 1560 g/mol. The summed E-state index contributed by atoms with van der Waals surface area (Å²) in [5.74, 6) is -5.33. The fourth-order valence-corrected chi connectivity index (χ4v) is 11.1. The van der Waals surface area contributed by atoms with Crippen molar-refractivity contribution in [1.29, 1.82) is 0 Å². The maximum Gasteiger partial charge on any atom is 0.431 e. The number of carbonyl (C=O) groups is 5. The van der Waals surface area contributed by atoms with Crippen molar-refractivity contribution in [3.8, 4) is 35.0 Å². The highest BCUT2D eigenvalue weighted by Crippen LogP contribution is 2.36. The molecule has 33 nitrogen and oxygen atoms in total. The lowest BCUT2D eigenvalue weighted by Gasteiger charge is -2.17. The van der Waals surface area contributed by atoms with Crippen LogP contribution in [0.5, 0.6) is 29.3 Å². The Kier molecular flexibility index (Phi) is 31.2. The van der Waals surface area contributed by atoms with E-state index in [0.29, 0.717) is 38.3 Å². The molecular formula is C59H63F10N12O21PS2. The van der Waals surface area contributed by atoms with Crippen LogP contribution in [0.3, 0.4) is 0 Å². The van der Waals surface area contributed by atoms with Gasteiger partial charge in [0, 0.05) is 37.9 Å². The van der Waals surface area contributed by atoms with Gasteiger partial charge in [-0.3, -0.25) is 29.4 Å². The lowest BCUT2D eigenvalue weighted by atomic mass is 10.1. The van der Waals surface area contributed by atoms with Gasteiger partial charge in [0.1, 0.15) is 40.6 Å². The van der Waals surface area contributed by atoms with Gasteiger partial charge in [-0.2, -0.15) is 68.8 Å².